The summed E-state index contributed by atoms with van der Waals surface area (Å²) in [6.07, 6.45) is 1.93. The number of benzene rings is 2. The van der Waals surface area contributed by atoms with Gasteiger partial charge in [-0.25, -0.2) is 0 Å². The molecule has 7 heteroatoms. The maximum Gasteiger partial charge on any atom is 0.273 e. The smallest absolute Gasteiger partial charge is 0.273 e. The average Bonchev–Trinajstić information content (AvgIpc) is 2.97. The number of nitro benzene ring substituents is 1. The molecule has 0 aliphatic heterocycles. The predicted molar refractivity (Wildman–Crippen MR) is 105 cm³/mol. The number of aromatic nitrogens is 1. The van der Waals surface area contributed by atoms with Crippen LogP contribution in [0.15, 0.2) is 53.3 Å². The fourth-order valence-electron chi connectivity index (χ4n) is 2.53. The van der Waals surface area contributed by atoms with Gasteiger partial charge in [-0.15, -0.1) is 0 Å². The molecule has 0 unspecified atom stereocenters. The van der Waals surface area contributed by atoms with Gasteiger partial charge in [-0.1, -0.05) is 43.1 Å². The van der Waals surface area contributed by atoms with Crippen molar-refractivity contribution in [1.82, 2.24) is 4.37 Å². The number of non-ortho nitro benzene ring substituents is 1. The molecule has 2 aromatic carbocycles. The molecule has 6 nitrogen and oxygen atoms in total. The van der Waals surface area contributed by atoms with Gasteiger partial charge in [0.25, 0.3) is 11.2 Å². The van der Waals surface area contributed by atoms with Crippen LogP contribution >= 0.6 is 11.5 Å². The van der Waals surface area contributed by atoms with Crippen LogP contribution in [0.2, 0.25) is 0 Å². The van der Waals surface area contributed by atoms with Crippen LogP contribution in [0, 0.1) is 10.1 Å². The van der Waals surface area contributed by atoms with Crippen molar-refractivity contribution in [2.75, 3.05) is 0 Å². The molecule has 0 saturated carbocycles. The van der Waals surface area contributed by atoms with Gasteiger partial charge in [-0.2, -0.15) is 0 Å². The summed E-state index contributed by atoms with van der Waals surface area (Å²) in [6.45, 7) is 6.04. The van der Waals surface area contributed by atoms with Crippen molar-refractivity contribution in [3.05, 3.63) is 69.0 Å². The van der Waals surface area contributed by atoms with E-state index < -0.39 is 4.92 Å². The van der Waals surface area contributed by atoms with E-state index in [-0.39, 0.29) is 16.8 Å². The lowest BCUT2D eigenvalue weighted by Gasteiger charge is -2.25. The molecular weight excluding hydrogens is 352 g/mol. The zero-order valence-electron chi connectivity index (χ0n) is 15.0. The van der Waals surface area contributed by atoms with Gasteiger partial charge in [0.05, 0.1) is 21.1 Å². The molecule has 0 atom stereocenters. The molecule has 0 bridgehead atoms. The van der Waals surface area contributed by atoms with E-state index in [2.05, 4.69) is 11.3 Å². The molecule has 0 aliphatic carbocycles. The Morgan fingerprint density at radius 1 is 1.19 bits per heavy atom. The molecule has 1 aromatic heterocycles. The third-order valence-electron chi connectivity index (χ3n) is 3.66. The Morgan fingerprint density at radius 3 is 2.58 bits per heavy atom. The Bertz CT molecular complexity index is 930. The molecule has 0 saturated heterocycles. The van der Waals surface area contributed by atoms with Gasteiger partial charge in [0, 0.05) is 6.07 Å². The van der Waals surface area contributed by atoms with E-state index in [1.807, 2.05) is 38.1 Å². The number of nitrogens with zero attached hydrogens (tertiary/aromatic N) is 1. The fraction of sp³-hybridized carbons (Fsp3) is 0.316. The molecule has 138 valence electrons. The second kappa shape index (κ2) is 8.62. The van der Waals surface area contributed by atoms with Crippen LogP contribution < -0.4 is 10.3 Å². The Hall–Kier alpha value is -2.67. The van der Waals surface area contributed by atoms with Crippen LogP contribution in [0.25, 0.3) is 10.1 Å². The van der Waals surface area contributed by atoms with E-state index in [9.17, 15) is 14.9 Å². The summed E-state index contributed by atoms with van der Waals surface area (Å²) in [5.41, 5.74) is -0.213. The van der Waals surface area contributed by atoms with Crippen molar-refractivity contribution in [2.24, 2.45) is 0 Å². The zero-order valence-corrected chi connectivity index (χ0v) is 15.8. The van der Waals surface area contributed by atoms with E-state index >= 15 is 0 Å². The molecule has 0 amide bonds. The monoisotopic (exact) mass is 374 g/mol. The van der Waals surface area contributed by atoms with Crippen LogP contribution in [0.4, 0.5) is 5.69 Å². The molecular formula is C19H22N2O4S. The van der Waals surface area contributed by atoms with Crippen molar-refractivity contribution < 1.29 is 9.66 Å². The van der Waals surface area contributed by atoms with Crippen LogP contribution in [0.5, 0.6) is 5.75 Å². The number of rotatable bonds is 5. The molecule has 1 heterocycles. The van der Waals surface area contributed by atoms with Crippen molar-refractivity contribution in [3.8, 4) is 5.75 Å². The first kappa shape index (κ1) is 19.7. The summed E-state index contributed by atoms with van der Waals surface area (Å²) in [5.74, 6) is 0.549. The normalized spacial score (nSPS) is 10.9. The van der Waals surface area contributed by atoms with Gasteiger partial charge in [0.2, 0.25) is 0 Å². The van der Waals surface area contributed by atoms with Crippen LogP contribution in [-0.2, 0) is 0 Å². The maximum absolute atomic E-state index is 10.9. The van der Waals surface area contributed by atoms with Gasteiger partial charge in [-0.3, -0.25) is 19.3 Å². The second-order valence-corrected chi connectivity index (χ2v) is 7.24. The van der Waals surface area contributed by atoms with Crippen LogP contribution in [-0.4, -0.2) is 14.9 Å². The quantitative estimate of drug-likeness (QED) is 0.495. The standard InChI is InChI=1S/C12H17NO3.C7H5NOS/c1-4-8-12(2,3)16-11-7-5-6-10(9-11)13(14)15;9-7-5-3-1-2-4-6(5)10-8-7/h5-7,9H,4,8H2,1-3H3;1-4H,(H,8,9). The van der Waals surface area contributed by atoms with Gasteiger partial charge in [-0.05, 0) is 38.5 Å². The molecule has 1 N–H and O–H groups in total. The molecule has 3 aromatic rings. The third-order valence-corrected chi connectivity index (χ3v) is 4.52. The lowest BCUT2D eigenvalue weighted by atomic mass is 10.0. The largest absolute Gasteiger partial charge is 0.488 e. The van der Waals surface area contributed by atoms with Gasteiger partial charge in [0.1, 0.15) is 11.4 Å². The molecule has 0 radical (unpaired) electrons. The number of nitrogens with one attached hydrogen (secondary N) is 1. The Balaban J connectivity index is 0.000000206. The summed E-state index contributed by atoms with van der Waals surface area (Å²) < 4.78 is 9.41. The Kier molecular flexibility index (Phi) is 6.52. The fourth-order valence-corrected chi connectivity index (χ4v) is 3.26. The van der Waals surface area contributed by atoms with Gasteiger partial charge >= 0.3 is 0 Å². The number of fused-ring (bicyclic) bond motifs is 1. The molecule has 0 aliphatic rings. The van der Waals surface area contributed by atoms with Crippen LogP contribution in [0.3, 0.4) is 0 Å². The SMILES string of the molecule is CCCC(C)(C)Oc1cccc([N+](=O)[O-])c1.O=c1[nH]sc2ccccc12. The number of ether oxygens (including phenoxy) is 1. The van der Waals surface area contributed by atoms with Crippen molar-refractivity contribution in [3.63, 3.8) is 0 Å². The van der Waals surface area contributed by atoms with E-state index in [1.165, 1.54) is 23.7 Å². The van der Waals surface area contributed by atoms with E-state index in [4.69, 9.17) is 4.74 Å². The first-order valence-electron chi connectivity index (χ1n) is 8.32. The maximum atomic E-state index is 10.9. The van der Waals surface area contributed by atoms with Crippen molar-refractivity contribution >= 4 is 27.3 Å². The minimum atomic E-state index is -0.417. The first-order chi connectivity index (χ1) is 12.3. The summed E-state index contributed by atoms with van der Waals surface area (Å²) in [4.78, 5) is 21.1. The van der Waals surface area contributed by atoms with E-state index in [0.29, 0.717) is 5.75 Å². The summed E-state index contributed by atoms with van der Waals surface area (Å²) in [5, 5.41) is 11.4. The van der Waals surface area contributed by atoms with Crippen molar-refractivity contribution in [2.45, 2.75) is 39.2 Å². The Morgan fingerprint density at radius 2 is 1.92 bits per heavy atom. The number of hydrogen-bond acceptors (Lipinski definition) is 5. The highest BCUT2D eigenvalue weighted by Crippen LogP contribution is 2.25. The average molecular weight is 374 g/mol. The van der Waals surface area contributed by atoms with E-state index in [1.54, 1.807) is 12.1 Å². The zero-order chi connectivity index (χ0) is 19.2. The highest BCUT2D eigenvalue weighted by molar-refractivity contribution is 7.13. The first-order valence-corrected chi connectivity index (χ1v) is 9.14. The van der Waals surface area contributed by atoms with E-state index in [0.717, 1.165) is 22.9 Å². The molecule has 26 heavy (non-hydrogen) atoms. The van der Waals surface area contributed by atoms with Crippen LogP contribution in [0.1, 0.15) is 33.6 Å². The highest BCUT2D eigenvalue weighted by Gasteiger charge is 2.19. The summed E-state index contributed by atoms with van der Waals surface area (Å²) in [6, 6.07) is 13.8. The van der Waals surface area contributed by atoms with Crippen molar-refractivity contribution in [1.29, 1.82) is 0 Å². The van der Waals surface area contributed by atoms with Gasteiger partial charge in [0.15, 0.2) is 0 Å². The minimum Gasteiger partial charge on any atom is -0.488 e. The number of aromatic amines is 1. The highest BCUT2D eigenvalue weighted by atomic mass is 32.1. The van der Waals surface area contributed by atoms with Gasteiger partial charge < -0.3 is 4.74 Å². The molecule has 0 fully saturated rings. The number of nitro groups is 1. The minimum absolute atomic E-state index is 0.0144. The number of hydrogen-bond donors (Lipinski definition) is 1. The lowest BCUT2D eigenvalue weighted by molar-refractivity contribution is -0.385. The lowest BCUT2D eigenvalue weighted by Crippen LogP contribution is -2.27. The second-order valence-electron chi connectivity index (χ2n) is 6.40. The summed E-state index contributed by atoms with van der Waals surface area (Å²) >= 11 is 1.38. The molecule has 3 rings (SSSR count). The number of H-pyrrole nitrogens is 1. The topological polar surface area (TPSA) is 85.2 Å². The Labute approximate surface area is 155 Å². The third kappa shape index (κ3) is 5.42. The summed E-state index contributed by atoms with van der Waals surface area (Å²) in [7, 11) is 0. The molecule has 0 spiro atoms. The predicted octanol–water partition coefficient (Wildman–Crippen LogP) is 5.14.